The average Bonchev–Trinajstić information content (AvgIpc) is 2.18. The minimum Gasteiger partial charge on any atom is -0.277 e. The van der Waals surface area contributed by atoms with Gasteiger partial charge in [0.2, 0.25) is 0 Å². The highest BCUT2D eigenvalue weighted by molar-refractivity contribution is 5.28. The summed E-state index contributed by atoms with van der Waals surface area (Å²) in [6.45, 7) is 2.12. The van der Waals surface area contributed by atoms with E-state index < -0.39 is 0 Å². The van der Waals surface area contributed by atoms with E-state index in [4.69, 9.17) is 0 Å². The molecule has 0 aliphatic carbocycles. The Morgan fingerprint density at radius 3 is 2.85 bits per heavy atom. The molecule has 0 spiro atoms. The number of hydrogen-bond donors (Lipinski definition) is 0. The number of fused-ring (bicyclic) bond motifs is 1. The van der Waals surface area contributed by atoms with Gasteiger partial charge in [0.05, 0.1) is 0 Å². The molecule has 13 heavy (non-hydrogen) atoms. The van der Waals surface area contributed by atoms with Crippen molar-refractivity contribution >= 4 is 0 Å². The largest absolute Gasteiger partial charge is 0.277 e. The summed E-state index contributed by atoms with van der Waals surface area (Å²) in [5.41, 5.74) is 2.74. The first-order valence-electron chi connectivity index (χ1n) is 4.48. The van der Waals surface area contributed by atoms with Gasteiger partial charge in [0.25, 0.3) is 0 Å². The fourth-order valence-corrected chi connectivity index (χ4v) is 1.76. The fraction of sp³-hybridized carbons (Fsp3) is 0.400. The highest BCUT2D eigenvalue weighted by Crippen LogP contribution is 2.17. The molecule has 0 fully saturated rings. The molecule has 0 bridgehead atoms. The number of hydrogen-bond acceptors (Lipinski definition) is 3. The lowest BCUT2D eigenvalue weighted by molar-refractivity contribution is 0.262. The SMILES string of the molecule is O=NCN1CCc2ccccc2C1. The van der Waals surface area contributed by atoms with Crippen molar-refractivity contribution in [3.63, 3.8) is 0 Å². The summed E-state index contributed by atoms with van der Waals surface area (Å²) >= 11 is 0. The molecule has 1 aliphatic heterocycles. The third-order valence-electron chi connectivity index (χ3n) is 2.47. The Kier molecular flexibility index (Phi) is 2.36. The second-order valence-corrected chi connectivity index (χ2v) is 3.34. The molecule has 0 aromatic heterocycles. The van der Waals surface area contributed by atoms with Crippen molar-refractivity contribution in [1.82, 2.24) is 4.90 Å². The smallest absolute Gasteiger partial charge is 0.134 e. The molecule has 68 valence electrons. The maximum atomic E-state index is 10.1. The molecule has 0 amide bonds. The van der Waals surface area contributed by atoms with E-state index in [1.165, 1.54) is 11.1 Å². The topological polar surface area (TPSA) is 32.7 Å². The number of benzene rings is 1. The molecule has 0 saturated heterocycles. The lowest BCUT2D eigenvalue weighted by Gasteiger charge is -2.25. The van der Waals surface area contributed by atoms with Crippen LogP contribution in [-0.2, 0) is 13.0 Å². The van der Waals surface area contributed by atoms with Crippen LogP contribution < -0.4 is 0 Å². The summed E-state index contributed by atoms with van der Waals surface area (Å²) in [6.07, 6.45) is 1.03. The van der Waals surface area contributed by atoms with E-state index >= 15 is 0 Å². The quantitative estimate of drug-likeness (QED) is 0.643. The van der Waals surface area contributed by atoms with Crippen LogP contribution in [0.3, 0.4) is 0 Å². The summed E-state index contributed by atoms with van der Waals surface area (Å²) in [5.74, 6) is 0. The standard InChI is InChI=1S/C10H12N2O/c13-11-8-12-6-5-9-3-1-2-4-10(9)7-12/h1-4H,5-8H2. The van der Waals surface area contributed by atoms with Gasteiger partial charge >= 0.3 is 0 Å². The molecule has 0 atom stereocenters. The zero-order valence-corrected chi connectivity index (χ0v) is 7.44. The second-order valence-electron chi connectivity index (χ2n) is 3.34. The Bertz CT molecular complexity index is 312. The van der Waals surface area contributed by atoms with Gasteiger partial charge in [-0.15, -0.1) is 4.91 Å². The highest BCUT2D eigenvalue weighted by Gasteiger charge is 2.14. The maximum absolute atomic E-state index is 10.1. The van der Waals surface area contributed by atoms with E-state index in [0.29, 0.717) is 6.67 Å². The van der Waals surface area contributed by atoms with E-state index in [1.807, 2.05) is 6.07 Å². The molecule has 2 rings (SSSR count). The third-order valence-corrected chi connectivity index (χ3v) is 2.47. The first kappa shape index (κ1) is 8.38. The zero-order chi connectivity index (χ0) is 9.10. The third kappa shape index (κ3) is 1.75. The predicted molar refractivity (Wildman–Crippen MR) is 51.2 cm³/mol. The van der Waals surface area contributed by atoms with Gasteiger partial charge < -0.3 is 0 Å². The molecule has 1 aromatic rings. The van der Waals surface area contributed by atoms with Gasteiger partial charge in [-0.3, -0.25) is 4.90 Å². The zero-order valence-electron chi connectivity index (χ0n) is 7.44. The summed E-state index contributed by atoms with van der Waals surface area (Å²) < 4.78 is 0. The normalized spacial score (nSPS) is 16.6. The fourth-order valence-electron chi connectivity index (χ4n) is 1.76. The maximum Gasteiger partial charge on any atom is 0.134 e. The first-order chi connectivity index (χ1) is 6.40. The van der Waals surface area contributed by atoms with Crippen molar-refractivity contribution in [3.05, 3.63) is 40.3 Å². The van der Waals surface area contributed by atoms with Crippen LogP contribution in [0.1, 0.15) is 11.1 Å². The van der Waals surface area contributed by atoms with Crippen LogP contribution in [0, 0.1) is 4.91 Å². The lowest BCUT2D eigenvalue weighted by atomic mass is 10.0. The van der Waals surface area contributed by atoms with Gasteiger partial charge in [0.1, 0.15) is 6.67 Å². The Morgan fingerprint density at radius 2 is 2.08 bits per heavy atom. The Labute approximate surface area is 77.3 Å². The molecule has 0 radical (unpaired) electrons. The minimum absolute atomic E-state index is 0.314. The van der Waals surface area contributed by atoms with Crippen LogP contribution in [-0.4, -0.2) is 18.1 Å². The second kappa shape index (κ2) is 3.66. The Morgan fingerprint density at radius 1 is 1.31 bits per heavy atom. The van der Waals surface area contributed by atoms with E-state index in [9.17, 15) is 4.91 Å². The van der Waals surface area contributed by atoms with Gasteiger partial charge in [-0.05, 0) is 17.5 Å². The van der Waals surface area contributed by atoms with Crippen LogP contribution in [0.25, 0.3) is 0 Å². The monoisotopic (exact) mass is 176 g/mol. The van der Waals surface area contributed by atoms with Gasteiger partial charge in [-0.25, -0.2) is 0 Å². The van der Waals surface area contributed by atoms with Gasteiger partial charge in [0.15, 0.2) is 0 Å². The molecule has 1 heterocycles. The Balaban J connectivity index is 2.15. The van der Waals surface area contributed by atoms with E-state index in [2.05, 4.69) is 28.3 Å². The Hall–Kier alpha value is -1.22. The lowest BCUT2D eigenvalue weighted by Crippen LogP contribution is -2.30. The number of nitrogens with zero attached hydrogens (tertiary/aromatic N) is 2. The highest BCUT2D eigenvalue weighted by atomic mass is 16.3. The number of rotatable bonds is 2. The molecule has 0 saturated carbocycles. The van der Waals surface area contributed by atoms with Gasteiger partial charge in [-0.1, -0.05) is 29.4 Å². The summed E-state index contributed by atoms with van der Waals surface area (Å²) in [7, 11) is 0. The van der Waals surface area contributed by atoms with Gasteiger partial charge in [0, 0.05) is 13.1 Å². The van der Waals surface area contributed by atoms with Crippen molar-refractivity contribution in [3.8, 4) is 0 Å². The molecule has 1 aliphatic rings. The molecular weight excluding hydrogens is 164 g/mol. The van der Waals surface area contributed by atoms with Crippen molar-refractivity contribution < 1.29 is 0 Å². The molecule has 3 heteroatoms. The molecule has 0 unspecified atom stereocenters. The summed E-state index contributed by atoms with van der Waals surface area (Å²) in [5, 5.41) is 2.91. The molecule has 3 nitrogen and oxygen atoms in total. The predicted octanol–water partition coefficient (Wildman–Crippen LogP) is 1.77. The van der Waals surface area contributed by atoms with Gasteiger partial charge in [-0.2, -0.15) is 0 Å². The van der Waals surface area contributed by atoms with Crippen LogP contribution in [0.2, 0.25) is 0 Å². The van der Waals surface area contributed by atoms with E-state index in [1.54, 1.807) is 0 Å². The molecule has 0 N–H and O–H groups in total. The van der Waals surface area contributed by atoms with Crippen LogP contribution in [0.15, 0.2) is 29.4 Å². The van der Waals surface area contributed by atoms with Crippen molar-refractivity contribution in [1.29, 1.82) is 0 Å². The van der Waals surface area contributed by atoms with E-state index in [0.717, 1.165) is 19.5 Å². The summed E-state index contributed by atoms with van der Waals surface area (Å²) in [4.78, 5) is 12.2. The average molecular weight is 176 g/mol. The van der Waals surface area contributed by atoms with Crippen molar-refractivity contribution in [2.75, 3.05) is 13.2 Å². The van der Waals surface area contributed by atoms with Crippen molar-refractivity contribution in [2.24, 2.45) is 5.18 Å². The van der Waals surface area contributed by atoms with Crippen LogP contribution in [0.4, 0.5) is 0 Å². The number of nitroso groups, excluding NO2 is 1. The van der Waals surface area contributed by atoms with Crippen molar-refractivity contribution in [2.45, 2.75) is 13.0 Å². The minimum atomic E-state index is 0.314. The molecular formula is C10H12N2O. The van der Waals surface area contributed by atoms with Crippen LogP contribution >= 0.6 is 0 Å². The first-order valence-corrected chi connectivity index (χ1v) is 4.48. The molecule has 1 aromatic carbocycles. The summed E-state index contributed by atoms with van der Waals surface area (Å²) in [6, 6.07) is 8.37. The van der Waals surface area contributed by atoms with E-state index in [-0.39, 0.29) is 0 Å². The van der Waals surface area contributed by atoms with Crippen LogP contribution in [0.5, 0.6) is 0 Å².